The van der Waals surface area contributed by atoms with Gasteiger partial charge in [0.15, 0.2) is 0 Å². The van der Waals surface area contributed by atoms with Crippen LogP contribution in [0.15, 0.2) is 0 Å². The Hall–Kier alpha value is -0.480. The number of unbranched alkanes of at least 4 members (excludes halogenated alkanes) is 3. The van der Waals surface area contributed by atoms with Gasteiger partial charge in [0.2, 0.25) is 0 Å². The monoisotopic (exact) mass is 312 g/mol. The molecular weight excluding hydrogens is 291 g/mol. The van der Waals surface area contributed by atoms with E-state index in [0.717, 1.165) is 19.3 Å². The van der Waals surface area contributed by atoms with E-state index in [0.29, 0.717) is 25.9 Å². The zero-order chi connectivity index (χ0) is 14.5. The van der Waals surface area contributed by atoms with Crippen molar-refractivity contribution in [2.45, 2.75) is 56.7 Å². The highest BCUT2D eigenvalue weighted by Crippen LogP contribution is 2.06. The maximum Gasteiger partial charge on any atom is 0.305 e. The standard InChI is InChI=1S/C13H22Cl2O4/c1-2-3-6-9-18-12(16)7-4-5-8-13(17)19-10-11(14)15/h11H,2-10H2,1H3. The minimum atomic E-state index is -0.693. The molecule has 19 heavy (non-hydrogen) atoms. The Kier molecular flexibility index (Phi) is 12.2. The molecule has 0 aromatic carbocycles. The van der Waals surface area contributed by atoms with E-state index in [4.69, 9.17) is 32.7 Å². The summed E-state index contributed by atoms with van der Waals surface area (Å²) in [4.78, 5) is 21.8. The van der Waals surface area contributed by atoms with Gasteiger partial charge in [-0.25, -0.2) is 0 Å². The normalized spacial score (nSPS) is 10.5. The van der Waals surface area contributed by atoms with Crippen molar-refractivity contribution < 1.29 is 19.1 Å². The van der Waals surface area contributed by atoms with Crippen LogP contribution in [0.4, 0.5) is 0 Å². The lowest BCUT2D eigenvalue weighted by molar-refractivity contribution is -0.145. The Morgan fingerprint density at radius 2 is 1.53 bits per heavy atom. The topological polar surface area (TPSA) is 52.6 Å². The number of esters is 2. The second-order valence-corrected chi connectivity index (χ2v) is 5.49. The Morgan fingerprint density at radius 1 is 0.947 bits per heavy atom. The molecule has 0 aliphatic heterocycles. The third-order valence-electron chi connectivity index (χ3n) is 2.39. The zero-order valence-electron chi connectivity index (χ0n) is 11.3. The highest BCUT2D eigenvalue weighted by atomic mass is 35.5. The van der Waals surface area contributed by atoms with Gasteiger partial charge in [0.1, 0.15) is 11.4 Å². The molecule has 0 saturated heterocycles. The quantitative estimate of drug-likeness (QED) is 0.332. The fourth-order valence-corrected chi connectivity index (χ4v) is 1.50. The van der Waals surface area contributed by atoms with E-state index in [1.807, 2.05) is 0 Å². The number of carbonyl (C=O) groups is 2. The number of halogens is 2. The van der Waals surface area contributed by atoms with Crippen molar-refractivity contribution in [1.82, 2.24) is 0 Å². The second-order valence-electron chi connectivity index (χ2n) is 4.21. The summed E-state index contributed by atoms with van der Waals surface area (Å²) >= 11 is 10.8. The maximum absolute atomic E-state index is 11.3. The zero-order valence-corrected chi connectivity index (χ0v) is 12.8. The summed E-state index contributed by atoms with van der Waals surface area (Å²) in [7, 11) is 0. The molecule has 0 aromatic rings. The van der Waals surface area contributed by atoms with E-state index >= 15 is 0 Å². The lowest BCUT2D eigenvalue weighted by Gasteiger charge is -2.05. The Morgan fingerprint density at radius 3 is 2.05 bits per heavy atom. The van der Waals surface area contributed by atoms with Crippen LogP contribution in [-0.4, -0.2) is 30.0 Å². The molecule has 0 radical (unpaired) electrons. The molecule has 0 aliphatic rings. The van der Waals surface area contributed by atoms with Gasteiger partial charge in [0.05, 0.1) is 6.61 Å². The van der Waals surface area contributed by atoms with Crippen LogP contribution >= 0.6 is 23.2 Å². The first-order valence-electron chi connectivity index (χ1n) is 6.65. The average molecular weight is 313 g/mol. The third-order valence-corrected chi connectivity index (χ3v) is 2.65. The number of ether oxygens (including phenoxy) is 2. The Balaban J connectivity index is 3.37. The smallest absolute Gasteiger partial charge is 0.305 e. The van der Waals surface area contributed by atoms with Gasteiger partial charge in [0.25, 0.3) is 0 Å². The lowest BCUT2D eigenvalue weighted by Crippen LogP contribution is -2.10. The first-order chi connectivity index (χ1) is 9.06. The van der Waals surface area contributed by atoms with Crippen LogP contribution in [0, 0.1) is 0 Å². The van der Waals surface area contributed by atoms with E-state index in [-0.39, 0.29) is 25.0 Å². The Labute approximate surface area is 124 Å². The van der Waals surface area contributed by atoms with Crippen molar-refractivity contribution in [2.75, 3.05) is 13.2 Å². The third kappa shape index (κ3) is 13.7. The fraction of sp³-hybridized carbons (Fsp3) is 0.846. The van der Waals surface area contributed by atoms with E-state index < -0.39 is 4.84 Å². The number of carbonyl (C=O) groups excluding carboxylic acids is 2. The van der Waals surface area contributed by atoms with Gasteiger partial charge < -0.3 is 9.47 Å². The predicted octanol–water partition coefficient (Wildman–Crippen LogP) is 3.63. The molecule has 0 fully saturated rings. The average Bonchev–Trinajstić information content (AvgIpc) is 2.37. The molecule has 0 bridgehead atoms. The minimum absolute atomic E-state index is 0.00140. The Bertz CT molecular complexity index is 257. The lowest BCUT2D eigenvalue weighted by atomic mass is 10.2. The van der Waals surface area contributed by atoms with Crippen LogP contribution in [-0.2, 0) is 19.1 Å². The van der Waals surface area contributed by atoms with Gasteiger partial charge >= 0.3 is 11.9 Å². The molecule has 0 atom stereocenters. The molecule has 0 spiro atoms. The van der Waals surface area contributed by atoms with Crippen LogP contribution in [0.25, 0.3) is 0 Å². The number of rotatable bonds is 11. The van der Waals surface area contributed by atoms with Crippen LogP contribution in [0.2, 0.25) is 0 Å². The van der Waals surface area contributed by atoms with Crippen molar-refractivity contribution in [3.05, 3.63) is 0 Å². The number of hydrogen-bond donors (Lipinski definition) is 0. The minimum Gasteiger partial charge on any atom is -0.466 e. The van der Waals surface area contributed by atoms with Crippen molar-refractivity contribution in [3.63, 3.8) is 0 Å². The molecule has 0 heterocycles. The van der Waals surface area contributed by atoms with Crippen molar-refractivity contribution in [2.24, 2.45) is 0 Å². The summed E-state index contributed by atoms with van der Waals surface area (Å²) in [6.07, 6.45) is 4.90. The van der Waals surface area contributed by atoms with Crippen molar-refractivity contribution in [3.8, 4) is 0 Å². The van der Waals surface area contributed by atoms with Gasteiger partial charge in [-0.3, -0.25) is 9.59 Å². The van der Waals surface area contributed by atoms with Crippen LogP contribution < -0.4 is 0 Å². The van der Waals surface area contributed by atoms with Crippen LogP contribution in [0.5, 0.6) is 0 Å². The molecule has 6 heteroatoms. The van der Waals surface area contributed by atoms with Gasteiger partial charge in [-0.15, -0.1) is 23.2 Å². The number of alkyl halides is 2. The van der Waals surface area contributed by atoms with E-state index in [1.54, 1.807) is 0 Å². The maximum atomic E-state index is 11.3. The van der Waals surface area contributed by atoms with Gasteiger partial charge in [-0.2, -0.15) is 0 Å². The molecule has 0 N–H and O–H groups in total. The van der Waals surface area contributed by atoms with E-state index in [1.165, 1.54) is 0 Å². The molecule has 0 unspecified atom stereocenters. The van der Waals surface area contributed by atoms with Crippen molar-refractivity contribution >= 4 is 35.1 Å². The second kappa shape index (κ2) is 12.5. The molecule has 0 aromatic heterocycles. The van der Waals surface area contributed by atoms with Crippen LogP contribution in [0.1, 0.15) is 51.9 Å². The summed E-state index contributed by atoms with van der Waals surface area (Å²) in [6, 6.07) is 0. The molecule has 0 saturated carbocycles. The summed E-state index contributed by atoms with van der Waals surface area (Å²) in [6.45, 7) is 2.58. The first-order valence-corrected chi connectivity index (χ1v) is 7.53. The first kappa shape index (κ1) is 18.5. The van der Waals surface area contributed by atoms with Gasteiger partial charge in [0, 0.05) is 12.8 Å². The van der Waals surface area contributed by atoms with Crippen LogP contribution in [0.3, 0.4) is 0 Å². The predicted molar refractivity (Wildman–Crippen MR) is 75.4 cm³/mol. The molecule has 0 aliphatic carbocycles. The summed E-state index contributed by atoms with van der Waals surface area (Å²) < 4.78 is 9.82. The summed E-state index contributed by atoms with van der Waals surface area (Å²) in [5.74, 6) is -0.548. The van der Waals surface area contributed by atoms with Gasteiger partial charge in [-0.1, -0.05) is 19.8 Å². The molecule has 0 amide bonds. The molecule has 0 rings (SSSR count). The SMILES string of the molecule is CCCCCOC(=O)CCCCC(=O)OCC(Cl)Cl. The van der Waals surface area contributed by atoms with E-state index in [2.05, 4.69) is 6.92 Å². The molecule has 4 nitrogen and oxygen atoms in total. The summed E-state index contributed by atoms with van der Waals surface area (Å²) in [5, 5.41) is 0. The molecule has 112 valence electrons. The largest absolute Gasteiger partial charge is 0.466 e. The van der Waals surface area contributed by atoms with Crippen molar-refractivity contribution in [1.29, 1.82) is 0 Å². The summed E-state index contributed by atoms with van der Waals surface area (Å²) in [5.41, 5.74) is 0. The fourth-order valence-electron chi connectivity index (χ4n) is 1.38. The van der Waals surface area contributed by atoms with E-state index in [9.17, 15) is 9.59 Å². The molecular formula is C13H22Cl2O4. The van der Waals surface area contributed by atoms with Gasteiger partial charge in [-0.05, 0) is 19.3 Å². The highest BCUT2D eigenvalue weighted by Gasteiger charge is 2.07. The highest BCUT2D eigenvalue weighted by molar-refractivity contribution is 6.44. The number of hydrogen-bond acceptors (Lipinski definition) is 4.